The fourth-order valence-corrected chi connectivity index (χ4v) is 1.40. The molecule has 0 bridgehead atoms. The summed E-state index contributed by atoms with van der Waals surface area (Å²) in [5.74, 6) is 0. The van der Waals surface area contributed by atoms with Crippen LogP contribution in [0.2, 0.25) is 0 Å². The van der Waals surface area contributed by atoms with Crippen LogP contribution in [0, 0.1) is 0 Å². The van der Waals surface area contributed by atoms with Gasteiger partial charge in [0.2, 0.25) is 0 Å². The van der Waals surface area contributed by atoms with Crippen LogP contribution in [0.15, 0.2) is 0 Å². The summed E-state index contributed by atoms with van der Waals surface area (Å²) < 4.78 is 5.70. The molecule has 0 saturated heterocycles. The van der Waals surface area contributed by atoms with Gasteiger partial charge >= 0.3 is 0 Å². The van der Waals surface area contributed by atoms with Crippen molar-refractivity contribution in [2.45, 2.75) is 71.5 Å². The van der Waals surface area contributed by atoms with Gasteiger partial charge in [0.15, 0.2) is 0 Å². The SMILES string of the molecule is CCCCOC(CCCC)C(C)(C)O. The lowest BCUT2D eigenvalue weighted by atomic mass is 9.97. The Morgan fingerprint density at radius 3 is 2.14 bits per heavy atom. The lowest BCUT2D eigenvalue weighted by Crippen LogP contribution is -2.38. The molecular formula is C12H26O2. The molecule has 0 fully saturated rings. The predicted molar refractivity (Wildman–Crippen MR) is 60.5 cm³/mol. The second kappa shape index (κ2) is 7.24. The third-order valence-corrected chi connectivity index (χ3v) is 2.42. The maximum Gasteiger partial charge on any atom is 0.0856 e. The first kappa shape index (κ1) is 13.9. The monoisotopic (exact) mass is 202 g/mol. The first-order valence-corrected chi connectivity index (χ1v) is 5.86. The highest BCUT2D eigenvalue weighted by Crippen LogP contribution is 2.18. The number of hydrogen-bond donors (Lipinski definition) is 1. The molecule has 0 aliphatic carbocycles. The molecule has 0 aliphatic heterocycles. The van der Waals surface area contributed by atoms with E-state index in [4.69, 9.17) is 4.74 Å². The van der Waals surface area contributed by atoms with Crippen molar-refractivity contribution in [1.82, 2.24) is 0 Å². The molecule has 14 heavy (non-hydrogen) atoms. The van der Waals surface area contributed by atoms with Crippen LogP contribution in [-0.4, -0.2) is 23.4 Å². The molecule has 86 valence electrons. The van der Waals surface area contributed by atoms with Crippen molar-refractivity contribution in [3.8, 4) is 0 Å². The molecule has 2 nitrogen and oxygen atoms in total. The maximum absolute atomic E-state index is 9.88. The number of ether oxygens (including phenoxy) is 1. The van der Waals surface area contributed by atoms with Crippen molar-refractivity contribution in [2.75, 3.05) is 6.61 Å². The Hall–Kier alpha value is -0.0800. The Labute approximate surface area is 88.7 Å². The van der Waals surface area contributed by atoms with Crippen molar-refractivity contribution in [2.24, 2.45) is 0 Å². The van der Waals surface area contributed by atoms with E-state index in [1.807, 2.05) is 13.8 Å². The largest absolute Gasteiger partial charge is 0.388 e. The Bertz CT molecular complexity index is 127. The van der Waals surface area contributed by atoms with Gasteiger partial charge in [-0.15, -0.1) is 0 Å². The van der Waals surface area contributed by atoms with Gasteiger partial charge in [0.05, 0.1) is 11.7 Å². The van der Waals surface area contributed by atoms with E-state index in [0.29, 0.717) is 0 Å². The fraction of sp³-hybridized carbons (Fsp3) is 1.00. The Morgan fingerprint density at radius 2 is 1.71 bits per heavy atom. The highest BCUT2D eigenvalue weighted by Gasteiger charge is 2.26. The zero-order valence-electron chi connectivity index (χ0n) is 10.2. The summed E-state index contributed by atoms with van der Waals surface area (Å²) in [5.41, 5.74) is -0.705. The third kappa shape index (κ3) is 6.39. The van der Waals surface area contributed by atoms with Gasteiger partial charge in [-0.2, -0.15) is 0 Å². The lowest BCUT2D eigenvalue weighted by Gasteiger charge is -2.29. The second-order valence-electron chi connectivity index (χ2n) is 4.51. The molecule has 0 spiro atoms. The Morgan fingerprint density at radius 1 is 1.14 bits per heavy atom. The second-order valence-corrected chi connectivity index (χ2v) is 4.51. The standard InChI is InChI=1S/C12H26O2/c1-5-7-9-11(12(3,4)13)14-10-8-6-2/h11,13H,5-10H2,1-4H3. The van der Waals surface area contributed by atoms with Gasteiger partial charge in [-0.1, -0.05) is 33.1 Å². The number of hydrogen-bond acceptors (Lipinski definition) is 2. The van der Waals surface area contributed by atoms with E-state index in [1.54, 1.807) is 0 Å². The molecule has 0 aromatic rings. The minimum Gasteiger partial charge on any atom is -0.388 e. The minimum atomic E-state index is -0.705. The molecule has 0 radical (unpaired) electrons. The fourth-order valence-electron chi connectivity index (χ4n) is 1.40. The van der Waals surface area contributed by atoms with Crippen molar-refractivity contribution < 1.29 is 9.84 Å². The predicted octanol–water partition coefficient (Wildman–Crippen LogP) is 3.13. The van der Waals surface area contributed by atoms with Crippen LogP contribution in [-0.2, 0) is 4.74 Å². The molecule has 1 unspecified atom stereocenters. The van der Waals surface area contributed by atoms with Gasteiger partial charge in [0, 0.05) is 6.61 Å². The zero-order valence-corrected chi connectivity index (χ0v) is 10.2. The van der Waals surface area contributed by atoms with E-state index >= 15 is 0 Å². The highest BCUT2D eigenvalue weighted by molar-refractivity contribution is 4.77. The van der Waals surface area contributed by atoms with Crippen molar-refractivity contribution in [3.05, 3.63) is 0 Å². The van der Waals surface area contributed by atoms with Crippen LogP contribution in [0.1, 0.15) is 59.8 Å². The Balaban J connectivity index is 3.85. The van der Waals surface area contributed by atoms with E-state index in [0.717, 1.165) is 38.7 Å². The topological polar surface area (TPSA) is 29.5 Å². The van der Waals surface area contributed by atoms with Gasteiger partial charge in [-0.3, -0.25) is 0 Å². The number of unbranched alkanes of at least 4 members (excludes halogenated alkanes) is 2. The molecule has 1 atom stereocenters. The molecule has 0 amide bonds. The molecule has 2 heteroatoms. The summed E-state index contributed by atoms with van der Waals surface area (Å²) in [6.45, 7) is 8.75. The summed E-state index contributed by atoms with van der Waals surface area (Å²) in [7, 11) is 0. The van der Waals surface area contributed by atoms with E-state index in [-0.39, 0.29) is 6.10 Å². The summed E-state index contributed by atoms with van der Waals surface area (Å²) in [6.07, 6.45) is 5.47. The third-order valence-electron chi connectivity index (χ3n) is 2.42. The number of rotatable bonds is 8. The molecule has 0 aliphatic rings. The van der Waals surface area contributed by atoms with Crippen molar-refractivity contribution in [1.29, 1.82) is 0 Å². The summed E-state index contributed by atoms with van der Waals surface area (Å²) >= 11 is 0. The Kier molecular flexibility index (Phi) is 7.20. The normalized spacial score (nSPS) is 14.4. The van der Waals surface area contributed by atoms with Crippen LogP contribution < -0.4 is 0 Å². The highest BCUT2D eigenvalue weighted by atomic mass is 16.5. The average molecular weight is 202 g/mol. The van der Waals surface area contributed by atoms with Gasteiger partial charge in [-0.05, 0) is 26.7 Å². The molecule has 0 aromatic heterocycles. The van der Waals surface area contributed by atoms with Gasteiger partial charge in [0.25, 0.3) is 0 Å². The van der Waals surface area contributed by atoms with Crippen molar-refractivity contribution in [3.63, 3.8) is 0 Å². The molecule has 0 rings (SSSR count). The number of aliphatic hydroxyl groups is 1. The maximum atomic E-state index is 9.88. The van der Waals surface area contributed by atoms with Crippen LogP contribution in [0.25, 0.3) is 0 Å². The van der Waals surface area contributed by atoms with Crippen molar-refractivity contribution >= 4 is 0 Å². The van der Waals surface area contributed by atoms with Crippen LogP contribution in [0.5, 0.6) is 0 Å². The zero-order chi connectivity index (χ0) is 11.0. The van der Waals surface area contributed by atoms with Gasteiger partial charge in [0.1, 0.15) is 0 Å². The molecule has 0 saturated carbocycles. The summed E-state index contributed by atoms with van der Waals surface area (Å²) in [5, 5.41) is 9.88. The lowest BCUT2D eigenvalue weighted by molar-refractivity contribution is -0.0926. The average Bonchev–Trinajstić information content (AvgIpc) is 2.09. The van der Waals surface area contributed by atoms with E-state index in [9.17, 15) is 5.11 Å². The summed E-state index contributed by atoms with van der Waals surface area (Å²) in [4.78, 5) is 0. The molecule has 0 heterocycles. The smallest absolute Gasteiger partial charge is 0.0856 e. The van der Waals surface area contributed by atoms with Crippen LogP contribution in [0.3, 0.4) is 0 Å². The molecule has 0 aromatic carbocycles. The van der Waals surface area contributed by atoms with Gasteiger partial charge < -0.3 is 9.84 Å². The van der Waals surface area contributed by atoms with E-state index in [1.165, 1.54) is 0 Å². The van der Waals surface area contributed by atoms with Crippen LogP contribution >= 0.6 is 0 Å². The van der Waals surface area contributed by atoms with E-state index in [2.05, 4.69) is 13.8 Å². The summed E-state index contributed by atoms with van der Waals surface area (Å²) in [6, 6.07) is 0. The molecular weight excluding hydrogens is 176 g/mol. The quantitative estimate of drug-likeness (QED) is 0.613. The van der Waals surface area contributed by atoms with Gasteiger partial charge in [-0.25, -0.2) is 0 Å². The first-order chi connectivity index (χ1) is 6.52. The van der Waals surface area contributed by atoms with Crippen LogP contribution in [0.4, 0.5) is 0 Å². The first-order valence-electron chi connectivity index (χ1n) is 5.86. The molecule has 1 N–H and O–H groups in total. The van der Waals surface area contributed by atoms with E-state index < -0.39 is 5.60 Å². The minimum absolute atomic E-state index is 0.00556.